The summed E-state index contributed by atoms with van der Waals surface area (Å²) in [4.78, 5) is 8.02. The third-order valence-electron chi connectivity index (χ3n) is 2.33. The number of rotatable bonds is 4. The fraction of sp³-hybridized carbons (Fsp3) is 0.154. The van der Waals surface area contributed by atoms with Crippen molar-refractivity contribution in [3.05, 3.63) is 42.2 Å². The molecule has 1 heterocycles. The zero-order valence-corrected chi connectivity index (χ0v) is 9.92. The fourth-order valence-corrected chi connectivity index (χ4v) is 1.42. The van der Waals surface area contributed by atoms with E-state index in [1.165, 1.54) is 6.33 Å². The minimum absolute atomic E-state index is 0.400. The molecule has 0 aliphatic carbocycles. The Balaban J connectivity index is 2.11. The molecule has 0 radical (unpaired) electrons. The van der Waals surface area contributed by atoms with Gasteiger partial charge in [-0.1, -0.05) is 12.1 Å². The highest BCUT2D eigenvalue weighted by Gasteiger charge is 2.00. The molecule has 0 fully saturated rings. The minimum Gasteiger partial charge on any atom is -0.439 e. The first kappa shape index (κ1) is 11.9. The Morgan fingerprint density at radius 3 is 2.72 bits per heavy atom. The first-order chi connectivity index (χ1) is 8.81. The second-order valence-electron chi connectivity index (χ2n) is 3.57. The number of benzene rings is 1. The highest BCUT2D eigenvalue weighted by Crippen LogP contribution is 2.20. The highest BCUT2D eigenvalue weighted by atomic mass is 16.5. The topological polar surface area (TPSA) is 70.8 Å². The van der Waals surface area contributed by atoms with Crippen LogP contribution in [0.1, 0.15) is 5.56 Å². The molecule has 0 atom stereocenters. The first-order valence-corrected chi connectivity index (χ1v) is 5.45. The van der Waals surface area contributed by atoms with Crippen LogP contribution in [0.3, 0.4) is 0 Å². The number of nitrogens with one attached hydrogen (secondary N) is 1. The van der Waals surface area contributed by atoms with Gasteiger partial charge in [0.1, 0.15) is 17.9 Å². The van der Waals surface area contributed by atoms with Crippen LogP contribution in [-0.4, -0.2) is 17.0 Å². The zero-order valence-electron chi connectivity index (χ0n) is 9.92. The largest absolute Gasteiger partial charge is 0.439 e. The van der Waals surface area contributed by atoms with Gasteiger partial charge in [0.05, 0.1) is 12.5 Å². The molecule has 0 bridgehead atoms. The monoisotopic (exact) mass is 240 g/mol. The van der Waals surface area contributed by atoms with E-state index in [9.17, 15) is 0 Å². The van der Waals surface area contributed by atoms with Crippen LogP contribution in [0.2, 0.25) is 0 Å². The average molecular weight is 240 g/mol. The third-order valence-corrected chi connectivity index (χ3v) is 2.33. The normalized spacial score (nSPS) is 9.56. The van der Waals surface area contributed by atoms with Gasteiger partial charge in [-0.2, -0.15) is 5.26 Å². The summed E-state index contributed by atoms with van der Waals surface area (Å²) in [5, 5.41) is 11.5. The maximum absolute atomic E-state index is 8.58. The second-order valence-corrected chi connectivity index (χ2v) is 3.57. The van der Waals surface area contributed by atoms with Crippen LogP contribution >= 0.6 is 0 Å². The molecule has 0 saturated heterocycles. The number of hydrogen-bond donors (Lipinski definition) is 1. The number of anilines is 1. The highest BCUT2D eigenvalue weighted by molar-refractivity contribution is 5.38. The van der Waals surface area contributed by atoms with Gasteiger partial charge in [-0.05, 0) is 17.7 Å². The Labute approximate surface area is 105 Å². The standard InChI is InChI=1S/C13H12N4O/c1-15-12-8-13(17-9-16-12)18-11-4-2-10(3-5-11)6-7-14/h2-5,8-9H,6H2,1H3,(H,15,16,17). The van der Waals surface area contributed by atoms with Crippen molar-refractivity contribution >= 4 is 5.82 Å². The van der Waals surface area contributed by atoms with Crippen LogP contribution in [0.4, 0.5) is 5.82 Å². The van der Waals surface area contributed by atoms with E-state index in [-0.39, 0.29) is 0 Å². The molecule has 0 amide bonds. The molecule has 0 aliphatic rings. The van der Waals surface area contributed by atoms with Gasteiger partial charge in [-0.25, -0.2) is 9.97 Å². The lowest BCUT2D eigenvalue weighted by atomic mass is 10.2. The SMILES string of the molecule is CNc1cc(Oc2ccc(CC#N)cc2)ncn1. The molecule has 1 aromatic carbocycles. The third kappa shape index (κ3) is 2.95. The molecular formula is C13H12N4O. The van der Waals surface area contributed by atoms with Crippen molar-refractivity contribution in [2.24, 2.45) is 0 Å². The van der Waals surface area contributed by atoms with E-state index in [0.717, 1.165) is 5.56 Å². The quantitative estimate of drug-likeness (QED) is 0.888. The summed E-state index contributed by atoms with van der Waals surface area (Å²) in [5.74, 6) is 1.85. The molecule has 2 aromatic rings. The summed E-state index contributed by atoms with van der Waals surface area (Å²) in [5.41, 5.74) is 0.962. The first-order valence-electron chi connectivity index (χ1n) is 5.45. The zero-order chi connectivity index (χ0) is 12.8. The van der Waals surface area contributed by atoms with Crippen LogP contribution in [-0.2, 0) is 6.42 Å². The number of hydrogen-bond acceptors (Lipinski definition) is 5. The molecule has 5 heteroatoms. The predicted octanol–water partition coefficient (Wildman–Crippen LogP) is 2.38. The Morgan fingerprint density at radius 2 is 2.06 bits per heavy atom. The molecule has 5 nitrogen and oxygen atoms in total. The lowest BCUT2D eigenvalue weighted by molar-refractivity contribution is 0.462. The Morgan fingerprint density at radius 1 is 1.28 bits per heavy atom. The number of nitriles is 1. The maximum Gasteiger partial charge on any atom is 0.224 e. The number of aromatic nitrogens is 2. The van der Waals surface area contributed by atoms with Crippen molar-refractivity contribution in [2.45, 2.75) is 6.42 Å². The van der Waals surface area contributed by atoms with Gasteiger partial charge in [-0.3, -0.25) is 0 Å². The van der Waals surface area contributed by atoms with E-state index in [4.69, 9.17) is 10.00 Å². The van der Waals surface area contributed by atoms with Gasteiger partial charge >= 0.3 is 0 Å². The van der Waals surface area contributed by atoms with Crippen molar-refractivity contribution in [3.63, 3.8) is 0 Å². The van der Waals surface area contributed by atoms with Crippen molar-refractivity contribution in [2.75, 3.05) is 12.4 Å². The van der Waals surface area contributed by atoms with Crippen LogP contribution in [0.15, 0.2) is 36.7 Å². The van der Waals surface area contributed by atoms with Gasteiger partial charge in [0.2, 0.25) is 5.88 Å². The predicted molar refractivity (Wildman–Crippen MR) is 67.4 cm³/mol. The van der Waals surface area contributed by atoms with Gasteiger partial charge in [0.15, 0.2) is 0 Å². The average Bonchev–Trinajstić information content (AvgIpc) is 2.42. The van der Waals surface area contributed by atoms with Crippen molar-refractivity contribution in [3.8, 4) is 17.7 Å². The summed E-state index contributed by atoms with van der Waals surface area (Å²) in [6.07, 6.45) is 1.84. The molecule has 1 N–H and O–H groups in total. The van der Waals surface area contributed by atoms with Crippen molar-refractivity contribution in [1.29, 1.82) is 5.26 Å². The smallest absolute Gasteiger partial charge is 0.224 e. The lowest BCUT2D eigenvalue weighted by Crippen LogP contribution is -1.95. The Bertz CT molecular complexity index is 560. The van der Waals surface area contributed by atoms with E-state index in [2.05, 4.69) is 21.4 Å². The van der Waals surface area contributed by atoms with E-state index in [0.29, 0.717) is 23.9 Å². The molecule has 0 saturated carbocycles. The van der Waals surface area contributed by atoms with E-state index >= 15 is 0 Å². The van der Waals surface area contributed by atoms with Gasteiger partial charge in [0.25, 0.3) is 0 Å². The molecule has 0 unspecified atom stereocenters. The number of nitrogens with zero attached hydrogens (tertiary/aromatic N) is 3. The van der Waals surface area contributed by atoms with Gasteiger partial charge in [0, 0.05) is 13.1 Å². The minimum atomic E-state index is 0.400. The van der Waals surface area contributed by atoms with Gasteiger partial charge in [-0.15, -0.1) is 0 Å². The maximum atomic E-state index is 8.58. The molecule has 90 valence electrons. The summed E-state index contributed by atoms with van der Waals surface area (Å²) in [6, 6.07) is 11.2. The second kappa shape index (κ2) is 5.64. The number of ether oxygens (including phenoxy) is 1. The molecular weight excluding hydrogens is 228 g/mol. The summed E-state index contributed by atoms with van der Waals surface area (Å²) < 4.78 is 5.58. The van der Waals surface area contributed by atoms with Crippen molar-refractivity contribution in [1.82, 2.24) is 9.97 Å². The molecule has 2 rings (SSSR count). The summed E-state index contributed by atoms with van der Waals surface area (Å²) >= 11 is 0. The molecule has 0 aliphatic heterocycles. The Kier molecular flexibility index (Phi) is 3.72. The van der Waals surface area contributed by atoms with E-state index < -0.39 is 0 Å². The molecule has 1 aromatic heterocycles. The van der Waals surface area contributed by atoms with Gasteiger partial charge < -0.3 is 10.1 Å². The van der Waals surface area contributed by atoms with Crippen molar-refractivity contribution < 1.29 is 4.74 Å². The summed E-state index contributed by atoms with van der Waals surface area (Å²) in [6.45, 7) is 0. The fourth-order valence-electron chi connectivity index (χ4n) is 1.42. The van der Waals surface area contributed by atoms with E-state index in [1.807, 2.05) is 24.3 Å². The van der Waals surface area contributed by atoms with Crippen LogP contribution in [0.5, 0.6) is 11.6 Å². The molecule has 18 heavy (non-hydrogen) atoms. The lowest BCUT2D eigenvalue weighted by Gasteiger charge is -2.06. The Hall–Kier alpha value is -2.61. The van der Waals surface area contributed by atoms with Crippen LogP contribution in [0.25, 0.3) is 0 Å². The van der Waals surface area contributed by atoms with Crippen LogP contribution < -0.4 is 10.1 Å². The van der Waals surface area contributed by atoms with Crippen LogP contribution in [0, 0.1) is 11.3 Å². The summed E-state index contributed by atoms with van der Waals surface area (Å²) in [7, 11) is 1.78. The van der Waals surface area contributed by atoms with E-state index in [1.54, 1.807) is 13.1 Å². The molecule has 0 spiro atoms.